The van der Waals surface area contributed by atoms with E-state index in [1.54, 1.807) is 0 Å². The SMILES string of the molecule is Cc1ccc2c(c1)C(c1ccc(-c3ccccc3)cc1)(c1ccc(-c3ccccc3)cc1)c1cc(C)c3ccccc3c1-2. The molecule has 0 nitrogen and oxygen atoms in total. The second-order valence-corrected chi connectivity index (χ2v) is 11.8. The molecule has 1 aliphatic rings. The van der Waals surface area contributed by atoms with E-state index in [0.717, 1.165) is 0 Å². The Morgan fingerprint density at radius 3 is 1.44 bits per heavy atom. The molecule has 43 heavy (non-hydrogen) atoms. The first-order valence-electron chi connectivity index (χ1n) is 15.1. The topological polar surface area (TPSA) is 0 Å². The molecular weight excluding hydrogens is 516 g/mol. The number of rotatable bonds is 4. The van der Waals surface area contributed by atoms with Crippen LogP contribution in [0.4, 0.5) is 0 Å². The van der Waals surface area contributed by atoms with Crippen LogP contribution in [0.2, 0.25) is 0 Å². The van der Waals surface area contributed by atoms with Gasteiger partial charge in [-0.15, -0.1) is 0 Å². The van der Waals surface area contributed by atoms with Gasteiger partial charge in [-0.25, -0.2) is 0 Å². The second-order valence-electron chi connectivity index (χ2n) is 11.8. The summed E-state index contributed by atoms with van der Waals surface area (Å²) >= 11 is 0. The Labute approximate surface area is 253 Å². The molecule has 0 unspecified atom stereocenters. The van der Waals surface area contributed by atoms with Crippen molar-refractivity contribution in [2.24, 2.45) is 0 Å². The predicted molar refractivity (Wildman–Crippen MR) is 182 cm³/mol. The van der Waals surface area contributed by atoms with Gasteiger partial charge in [0.2, 0.25) is 0 Å². The lowest BCUT2D eigenvalue weighted by molar-refractivity contribution is 0.767. The highest BCUT2D eigenvalue weighted by Crippen LogP contribution is 2.58. The molecule has 0 spiro atoms. The van der Waals surface area contributed by atoms with Crippen LogP contribution in [0.15, 0.2) is 158 Å². The van der Waals surface area contributed by atoms with E-state index in [1.165, 1.54) is 77.5 Å². The molecule has 1 aliphatic carbocycles. The van der Waals surface area contributed by atoms with Crippen LogP contribution < -0.4 is 0 Å². The standard InChI is InChI=1S/C43H32/c1-29-17-26-39-40(27-29)43(35-22-18-33(19-23-35)31-11-5-3-6-12-31,36-24-20-34(21-25-36)32-13-7-4-8-14-32)41-28-30(2)37-15-9-10-16-38(37)42(39)41/h3-28H,1-2H3. The van der Waals surface area contributed by atoms with E-state index < -0.39 is 5.41 Å². The molecule has 8 rings (SSSR count). The van der Waals surface area contributed by atoms with Gasteiger partial charge in [-0.05, 0) is 85.8 Å². The van der Waals surface area contributed by atoms with E-state index in [1.807, 2.05) is 0 Å². The minimum Gasteiger partial charge on any atom is -0.0622 e. The fourth-order valence-corrected chi connectivity index (χ4v) is 7.35. The van der Waals surface area contributed by atoms with Crippen LogP contribution in [-0.2, 0) is 5.41 Å². The van der Waals surface area contributed by atoms with Gasteiger partial charge < -0.3 is 0 Å². The maximum Gasteiger partial charge on any atom is 0.0713 e. The van der Waals surface area contributed by atoms with Gasteiger partial charge in [-0.1, -0.05) is 163 Å². The van der Waals surface area contributed by atoms with Crippen LogP contribution in [0.1, 0.15) is 33.4 Å². The van der Waals surface area contributed by atoms with Crippen molar-refractivity contribution >= 4 is 10.8 Å². The second kappa shape index (κ2) is 9.96. The lowest BCUT2D eigenvalue weighted by atomic mass is 9.67. The molecule has 0 aromatic heterocycles. The highest BCUT2D eigenvalue weighted by Gasteiger charge is 2.47. The summed E-state index contributed by atoms with van der Waals surface area (Å²) in [6.07, 6.45) is 0. The molecule has 0 bridgehead atoms. The fourth-order valence-electron chi connectivity index (χ4n) is 7.35. The monoisotopic (exact) mass is 548 g/mol. The number of hydrogen-bond donors (Lipinski definition) is 0. The molecule has 204 valence electrons. The summed E-state index contributed by atoms with van der Waals surface area (Å²) in [5.74, 6) is 0. The Bertz CT molecular complexity index is 2020. The lowest BCUT2D eigenvalue weighted by Gasteiger charge is -2.34. The third kappa shape index (κ3) is 3.91. The van der Waals surface area contributed by atoms with Crippen molar-refractivity contribution in [1.29, 1.82) is 0 Å². The fraction of sp³-hybridized carbons (Fsp3) is 0.0698. The normalized spacial score (nSPS) is 13.1. The molecule has 7 aromatic carbocycles. The van der Waals surface area contributed by atoms with Crippen LogP contribution in [0.5, 0.6) is 0 Å². The molecule has 0 saturated carbocycles. The van der Waals surface area contributed by atoms with E-state index in [2.05, 4.69) is 172 Å². The quantitative estimate of drug-likeness (QED) is 0.205. The number of hydrogen-bond acceptors (Lipinski definition) is 0. The maximum atomic E-state index is 2.46. The van der Waals surface area contributed by atoms with E-state index in [0.29, 0.717) is 0 Å². The largest absolute Gasteiger partial charge is 0.0713 e. The lowest BCUT2D eigenvalue weighted by Crippen LogP contribution is -2.28. The van der Waals surface area contributed by atoms with E-state index >= 15 is 0 Å². The summed E-state index contributed by atoms with van der Waals surface area (Å²) in [5.41, 5.74) is 15.1. The number of aryl methyl sites for hydroxylation is 2. The van der Waals surface area contributed by atoms with Crippen LogP contribution in [-0.4, -0.2) is 0 Å². The van der Waals surface area contributed by atoms with Crippen LogP contribution in [0.25, 0.3) is 44.2 Å². The zero-order valence-corrected chi connectivity index (χ0v) is 24.5. The van der Waals surface area contributed by atoms with Crippen LogP contribution in [0, 0.1) is 13.8 Å². The van der Waals surface area contributed by atoms with Gasteiger partial charge in [0.05, 0.1) is 5.41 Å². The molecule has 0 atom stereocenters. The van der Waals surface area contributed by atoms with Crippen molar-refractivity contribution in [2.75, 3.05) is 0 Å². The average molecular weight is 549 g/mol. The van der Waals surface area contributed by atoms with Gasteiger partial charge in [-0.3, -0.25) is 0 Å². The van der Waals surface area contributed by atoms with Crippen LogP contribution >= 0.6 is 0 Å². The van der Waals surface area contributed by atoms with Crippen molar-refractivity contribution in [1.82, 2.24) is 0 Å². The Morgan fingerprint density at radius 1 is 0.395 bits per heavy atom. The molecule has 0 radical (unpaired) electrons. The summed E-state index contributed by atoms with van der Waals surface area (Å²) in [6, 6.07) is 58.4. The highest BCUT2D eigenvalue weighted by atomic mass is 14.5. The average Bonchev–Trinajstić information content (AvgIpc) is 3.35. The Hall–Kier alpha value is -5.20. The zero-order chi connectivity index (χ0) is 29.0. The summed E-state index contributed by atoms with van der Waals surface area (Å²) in [5, 5.41) is 2.65. The molecule has 0 aliphatic heterocycles. The van der Waals surface area contributed by atoms with E-state index in [9.17, 15) is 0 Å². The molecule has 0 amide bonds. The third-order valence-electron chi connectivity index (χ3n) is 9.35. The van der Waals surface area contributed by atoms with Gasteiger partial charge in [0, 0.05) is 0 Å². The molecule has 7 aromatic rings. The van der Waals surface area contributed by atoms with E-state index in [4.69, 9.17) is 0 Å². The Balaban J connectivity index is 1.45. The minimum absolute atomic E-state index is 0.448. The van der Waals surface area contributed by atoms with Crippen molar-refractivity contribution in [2.45, 2.75) is 19.3 Å². The molecular formula is C43H32. The maximum absolute atomic E-state index is 2.46. The molecule has 0 saturated heterocycles. The van der Waals surface area contributed by atoms with Crippen molar-refractivity contribution in [3.8, 4) is 33.4 Å². The first-order valence-corrected chi connectivity index (χ1v) is 15.1. The first kappa shape index (κ1) is 25.5. The predicted octanol–water partition coefficient (Wildman–Crippen LogP) is 11.2. The molecule has 0 heteroatoms. The van der Waals surface area contributed by atoms with Crippen molar-refractivity contribution < 1.29 is 0 Å². The number of fused-ring (bicyclic) bond motifs is 5. The van der Waals surface area contributed by atoms with Gasteiger partial charge in [0.15, 0.2) is 0 Å². The van der Waals surface area contributed by atoms with Crippen LogP contribution in [0.3, 0.4) is 0 Å². The molecule has 0 heterocycles. The minimum atomic E-state index is -0.448. The van der Waals surface area contributed by atoms with Crippen molar-refractivity contribution in [3.05, 3.63) is 191 Å². The molecule has 0 fully saturated rings. The smallest absolute Gasteiger partial charge is 0.0622 e. The first-order chi connectivity index (χ1) is 21.1. The van der Waals surface area contributed by atoms with Gasteiger partial charge in [0.25, 0.3) is 0 Å². The van der Waals surface area contributed by atoms with Gasteiger partial charge in [0.1, 0.15) is 0 Å². The zero-order valence-electron chi connectivity index (χ0n) is 24.5. The Morgan fingerprint density at radius 2 is 0.884 bits per heavy atom. The Kier molecular flexibility index (Phi) is 5.91. The van der Waals surface area contributed by atoms with Gasteiger partial charge >= 0.3 is 0 Å². The summed E-state index contributed by atoms with van der Waals surface area (Å²) in [7, 11) is 0. The van der Waals surface area contributed by atoms with E-state index in [-0.39, 0.29) is 0 Å². The number of benzene rings is 7. The van der Waals surface area contributed by atoms with Crippen molar-refractivity contribution in [3.63, 3.8) is 0 Å². The van der Waals surface area contributed by atoms with Gasteiger partial charge in [-0.2, -0.15) is 0 Å². The summed E-state index contributed by atoms with van der Waals surface area (Å²) in [6.45, 7) is 4.48. The molecule has 0 N–H and O–H groups in total. The summed E-state index contributed by atoms with van der Waals surface area (Å²) in [4.78, 5) is 0. The third-order valence-corrected chi connectivity index (χ3v) is 9.35. The highest BCUT2D eigenvalue weighted by molar-refractivity contribution is 6.05. The summed E-state index contributed by atoms with van der Waals surface area (Å²) < 4.78 is 0.